The summed E-state index contributed by atoms with van der Waals surface area (Å²) in [6, 6.07) is 10.4. The van der Waals surface area contributed by atoms with Gasteiger partial charge in [0.15, 0.2) is 0 Å². The van der Waals surface area contributed by atoms with Gasteiger partial charge in [-0.25, -0.2) is 9.37 Å². The number of benzene rings is 1. The van der Waals surface area contributed by atoms with Crippen LogP contribution in [0.3, 0.4) is 0 Å². The number of rotatable bonds is 3. The van der Waals surface area contributed by atoms with E-state index in [-0.39, 0.29) is 17.3 Å². The Bertz CT molecular complexity index is 786. The molecule has 1 aromatic carbocycles. The van der Waals surface area contributed by atoms with Crippen molar-refractivity contribution < 1.29 is 14.0 Å². The number of nitrogens with zero attached hydrogens (tertiary/aromatic N) is 2. The van der Waals surface area contributed by atoms with E-state index < -0.39 is 11.7 Å². The van der Waals surface area contributed by atoms with Crippen LogP contribution in [0.15, 0.2) is 42.5 Å². The van der Waals surface area contributed by atoms with Crippen LogP contribution in [0, 0.1) is 11.7 Å². The third-order valence-electron chi connectivity index (χ3n) is 4.35. The van der Waals surface area contributed by atoms with Crippen LogP contribution >= 0.6 is 0 Å². The minimum Gasteiger partial charge on any atom is -0.337 e. The summed E-state index contributed by atoms with van der Waals surface area (Å²) in [4.78, 5) is 30.8. The van der Waals surface area contributed by atoms with Crippen LogP contribution in [0.1, 0.15) is 40.7 Å². The topological polar surface area (TPSA) is 62.3 Å². The average Bonchev–Trinajstić information content (AvgIpc) is 2.62. The van der Waals surface area contributed by atoms with Gasteiger partial charge < -0.3 is 10.2 Å². The molecule has 0 radical (unpaired) electrons. The van der Waals surface area contributed by atoms with Gasteiger partial charge in [-0.2, -0.15) is 0 Å². The number of nitrogens with one attached hydrogen (secondary N) is 1. The number of likely N-dealkylation sites (tertiary alicyclic amines) is 1. The van der Waals surface area contributed by atoms with Crippen molar-refractivity contribution in [3.8, 4) is 0 Å². The lowest BCUT2D eigenvalue weighted by Gasteiger charge is -2.30. The Morgan fingerprint density at radius 3 is 2.52 bits per heavy atom. The van der Waals surface area contributed by atoms with Gasteiger partial charge in [0, 0.05) is 18.8 Å². The molecule has 0 bridgehead atoms. The second-order valence-electron chi connectivity index (χ2n) is 6.35. The van der Waals surface area contributed by atoms with Crippen LogP contribution < -0.4 is 5.32 Å². The highest BCUT2D eigenvalue weighted by Crippen LogP contribution is 2.18. The number of hydrogen-bond donors (Lipinski definition) is 1. The highest BCUT2D eigenvalue weighted by Gasteiger charge is 2.23. The summed E-state index contributed by atoms with van der Waals surface area (Å²) in [5, 5.41) is 2.58. The summed E-state index contributed by atoms with van der Waals surface area (Å²) in [7, 11) is 0. The Hall–Kier alpha value is -2.76. The van der Waals surface area contributed by atoms with Crippen molar-refractivity contribution in [1.29, 1.82) is 0 Å². The quantitative estimate of drug-likeness (QED) is 0.931. The molecule has 0 saturated carbocycles. The third kappa shape index (κ3) is 4.21. The Morgan fingerprint density at radius 1 is 1.12 bits per heavy atom. The third-order valence-corrected chi connectivity index (χ3v) is 4.35. The van der Waals surface area contributed by atoms with E-state index in [9.17, 15) is 14.0 Å². The van der Waals surface area contributed by atoms with Crippen molar-refractivity contribution >= 4 is 17.5 Å². The van der Waals surface area contributed by atoms with Gasteiger partial charge in [0.05, 0.1) is 0 Å². The molecule has 2 amide bonds. The molecule has 130 valence electrons. The van der Waals surface area contributed by atoms with Crippen LogP contribution in [0.2, 0.25) is 0 Å². The number of carbonyl (C=O) groups excluding carboxylic acids is 2. The lowest BCUT2D eigenvalue weighted by Crippen LogP contribution is -2.38. The van der Waals surface area contributed by atoms with E-state index in [1.54, 1.807) is 23.1 Å². The largest absolute Gasteiger partial charge is 0.337 e. The van der Waals surface area contributed by atoms with E-state index in [0.717, 1.165) is 12.8 Å². The maximum Gasteiger partial charge on any atom is 0.274 e. The smallest absolute Gasteiger partial charge is 0.274 e. The van der Waals surface area contributed by atoms with Gasteiger partial charge in [-0.3, -0.25) is 9.59 Å². The molecule has 5 nitrogen and oxygen atoms in total. The van der Waals surface area contributed by atoms with Crippen molar-refractivity contribution in [2.75, 3.05) is 18.4 Å². The molecule has 1 aliphatic heterocycles. The van der Waals surface area contributed by atoms with Crippen LogP contribution in [0.25, 0.3) is 0 Å². The van der Waals surface area contributed by atoms with Crippen LogP contribution in [-0.4, -0.2) is 34.8 Å². The summed E-state index contributed by atoms with van der Waals surface area (Å²) in [6.45, 7) is 3.60. The summed E-state index contributed by atoms with van der Waals surface area (Å²) in [5.41, 5.74) is 0.718. The zero-order valence-electron chi connectivity index (χ0n) is 14.0. The van der Waals surface area contributed by atoms with Gasteiger partial charge in [-0.05, 0) is 49.1 Å². The predicted molar refractivity (Wildman–Crippen MR) is 92.9 cm³/mol. The van der Waals surface area contributed by atoms with E-state index in [2.05, 4.69) is 17.2 Å². The Morgan fingerprint density at radius 2 is 1.80 bits per heavy atom. The molecule has 2 heterocycles. The number of halogens is 1. The molecule has 2 aromatic rings. The number of hydrogen-bond acceptors (Lipinski definition) is 3. The molecule has 1 N–H and O–H groups in total. The molecule has 0 spiro atoms. The molecule has 3 rings (SSSR count). The molecule has 25 heavy (non-hydrogen) atoms. The second kappa shape index (κ2) is 7.42. The highest BCUT2D eigenvalue weighted by molar-refractivity contribution is 6.03. The number of amides is 2. The SMILES string of the molecule is CC1CCN(C(=O)c2cccc(C(=O)Nc3cccc(F)c3)n2)CC1. The molecule has 1 aliphatic rings. The Balaban J connectivity index is 1.72. The fourth-order valence-corrected chi connectivity index (χ4v) is 2.82. The zero-order valence-corrected chi connectivity index (χ0v) is 14.0. The number of aromatic nitrogens is 1. The van der Waals surface area contributed by atoms with E-state index in [0.29, 0.717) is 24.7 Å². The standard InChI is InChI=1S/C19H20FN3O2/c1-13-8-10-23(11-9-13)19(25)17-7-3-6-16(22-17)18(24)21-15-5-2-4-14(20)12-15/h2-7,12-13H,8-11H2,1H3,(H,21,24). The molecule has 1 aromatic heterocycles. The summed E-state index contributed by atoms with van der Waals surface area (Å²) in [6.07, 6.45) is 1.96. The van der Waals surface area contributed by atoms with Gasteiger partial charge in [-0.15, -0.1) is 0 Å². The van der Waals surface area contributed by atoms with Crippen molar-refractivity contribution in [2.45, 2.75) is 19.8 Å². The summed E-state index contributed by atoms with van der Waals surface area (Å²) in [5.74, 6) is -0.450. The van der Waals surface area contributed by atoms with Gasteiger partial charge in [0.2, 0.25) is 0 Å². The Kier molecular flexibility index (Phi) is 5.07. The lowest BCUT2D eigenvalue weighted by atomic mass is 9.99. The first-order valence-electron chi connectivity index (χ1n) is 8.36. The van der Waals surface area contributed by atoms with Gasteiger partial charge in [0.25, 0.3) is 11.8 Å². The van der Waals surface area contributed by atoms with Gasteiger partial charge in [0.1, 0.15) is 17.2 Å². The van der Waals surface area contributed by atoms with Crippen LogP contribution in [-0.2, 0) is 0 Å². The van der Waals surface area contributed by atoms with E-state index in [1.165, 1.54) is 24.3 Å². The van der Waals surface area contributed by atoms with Crippen LogP contribution in [0.4, 0.5) is 10.1 Å². The van der Waals surface area contributed by atoms with Crippen molar-refractivity contribution in [2.24, 2.45) is 5.92 Å². The van der Waals surface area contributed by atoms with Crippen molar-refractivity contribution in [3.63, 3.8) is 0 Å². The molecule has 1 saturated heterocycles. The lowest BCUT2D eigenvalue weighted by molar-refractivity contribution is 0.0691. The molecule has 1 fully saturated rings. The van der Waals surface area contributed by atoms with Crippen molar-refractivity contribution in [1.82, 2.24) is 9.88 Å². The average molecular weight is 341 g/mol. The number of pyridine rings is 1. The molecular formula is C19H20FN3O2. The van der Waals surface area contributed by atoms with Crippen LogP contribution in [0.5, 0.6) is 0 Å². The number of carbonyl (C=O) groups is 2. The molecule has 0 aliphatic carbocycles. The summed E-state index contributed by atoms with van der Waals surface area (Å²) >= 11 is 0. The maximum atomic E-state index is 13.2. The van der Waals surface area contributed by atoms with E-state index in [1.807, 2.05) is 0 Å². The van der Waals surface area contributed by atoms with E-state index >= 15 is 0 Å². The first-order valence-corrected chi connectivity index (χ1v) is 8.36. The fourth-order valence-electron chi connectivity index (χ4n) is 2.82. The zero-order chi connectivity index (χ0) is 17.8. The summed E-state index contributed by atoms with van der Waals surface area (Å²) < 4.78 is 13.2. The molecule has 0 unspecified atom stereocenters. The first-order chi connectivity index (χ1) is 12.0. The minimum atomic E-state index is -0.479. The number of piperidine rings is 1. The monoisotopic (exact) mass is 341 g/mol. The van der Waals surface area contributed by atoms with Gasteiger partial charge in [-0.1, -0.05) is 19.1 Å². The molecular weight excluding hydrogens is 321 g/mol. The van der Waals surface area contributed by atoms with Gasteiger partial charge >= 0.3 is 0 Å². The number of anilines is 1. The fraction of sp³-hybridized carbons (Fsp3) is 0.316. The maximum absolute atomic E-state index is 13.2. The Labute approximate surface area is 145 Å². The molecule has 0 atom stereocenters. The second-order valence-corrected chi connectivity index (χ2v) is 6.35. The minimum absolute atomic E-state index is 0.125. The normalized spacial score (nSPS) is 15.0. The van der Waals surface area contributed by atoms with Crippen molar-refractivity contribution in [3.05, 3.63) is 59.7 Å². The highest BCUT2D eigenvalue weighted by atomic mass is 19.1. The first kappa shape index (κ1) is 17.1. The van der Waals surface area contributed by atoms with E-state index in [4.69, 9.17) is 0 Å². The molecule has 6 heteroatoms. The predicted octanol–water partition coefficient (Wildman–Crippen LogP) is 3.35.